The van der Waals surface area contributed by atoms with Gasteiger partial charge in [0.1, 0.15) is 36.0 Å². The van der Waals surface area contributed by atoms with Crippen LogP contribution in [0.4, 0.5) is 4.39 Å². The predicted molar refractivity (Wildman–Crippen MR) is 168 cm³/mol. The SMILES string of the molecule is OCC12OC3(c4ccc(F)c(Cc5ccc(OC6CCOC6)cc5)c4)O[C@@H]1[C@@]2(O)[C@H](OCc1ccccc1)C3OCc1ccccc1. The third kappa shape index (κ3) is 5.18. The second kappa shape index (κ2) is 12.1. The lowest BCUT2D eigenvalue weighted by Gasteiger charge is -2.50. The van der Waals surface area contributed by atoms with Crippen molar-refractivity contribution in [2.24, 2.45) is 0 Å². The first kappa shape index (κ1) is 30.7. The molecule has 0 amide bonds. The van der Waals surface area contributed by atoms with E-state index in [1.807, 2.05) is 84.9 Å². The van der Waals surface area contributed by atoms with E-state index >= 15 is 4.39 Å². The molecule has 4 aromatic carbocycles. The summed E-state index contributed by atoms with van der Waals surface area (Å²) in [4.78, 5) is 0. The fraction of sp³-hybridized carbons (Fsp3) is 0.368. The standard InChI is InChI=1S/C38H37FO8/c39-32-16-13-29(20-28(32)19-25-11-14-30(15-12-25)45-31-17-18-42-23-31)38-34(44-22-27-9-5-2-6-10-27)33(43-21-26-7-3-1-4-8-26)37(41)35(46-38)36(37,24-40)47-38/h1-16,20,31,33-35,40-41H,17-19,21-24H2/t31?,33-,34?,35+,36?,37+,38?/m1/s1. The van der Waals surface area contributed by atoms with Crippen molar-refractivity contribution in [3.63, 3.8) is 0 Å². The highest BCUT2D eigenvalue weighted by Crippen LogP contribution is 2.71. The van der Waals surface area contributed by atoms with Gasteiger partial charge in [0.05, 0.1) is 33.0 Å². The zero-order chi connectivity index (χ0) is 32.1. The van der Waals surface area contributed by atoms with Gasteiger partial charge in [0.15, 0.2) is 11.2 Å². The monoisotopic (exact) mass is 640 g/mol. The van der Waals surface area contributed by atoms with Crippen molar-refractivity contribution in [3.05, 3.63) is 137 Å². The first-order valence-corrected chi connectivity index (χ1v) is 16.1. The zero-order valence-electron chi connectivity index (χ0n) is 25.8. The number of aliphatic hydroxyl groups is 2. The maximum absolute atomic E-state index is 15.4. The number of ether oxygens (including phenoxy) is 6. The largest absolute Gasteiger partial charge is 0.488 e. The molecule has 5 aliphatic rings. The van der Waals surface area contributed by atoms with Gasteiger partial charge in [0.25, 0.3) is 0 Å². The quantitative estimate of drug-likeness (QED) is 0.228. The van der Waals surface area contributed by atoms with E-state index in [1.165, 1.54) is 6.07 Å². The van der Waals surface area contributed by atoms with Crippen molar-refractivity contribution in [1.29, 1.82) is 0 Å². The molecule has 1 aliphatic carbocycles. The summed E-state index contributed by atoms with van der Waals surface area (Å²) in [6.45, 7) is 1.18. The molecule has 4 saturated heterocycles. The molecule has 0 radical (unpaired) electrons. The van der Waals surface area contributed by atoms with E-state index in [4.69, 9.17) is 28.4 Å². The van der Waals surface area contributed by atoms with Gasteiger partial charge in [-0.2, -0.15) is 0 Å². The van der Waals surface area contributed by atoms with Crippen LogP contribution in [0.5, 0.6) is 5.75 Å². The molecular formula is C38H37FO8. The van der Waals surface area contributed by atoms with Crippen LogP contribution in [0.3, 0.4) is 0 Å². The lowest BCUT2D eigenvalue weighted by molar-refractivity contribution is -0.382. The first-order chi connectivity index (χ1) is 22.9. The number of benzene rings is 4. The lowest BCUT2D eigenvalue weighted by atomic mass is 9.85. The normalized spacial score (nSPS) is 32.0. The summed E-state index contributed by atoms with van der Waals surface area (Å²) in [5.41, 5.74) is 0.631. The Hall–Kier alpha value is -3.67. The smallest absolute Gasteiger partial charge is 0.226 e. The van der Waals surface area contributed by atoms with E-state index in [9.17, 15) is 10.2 Å². The van der Waals surface area contributed by atoms with Crippen LogP contribution in [0.15, 0.2) is 103 Å². The summed E-state index contributed by atoms with van der Waals surface area (Å²) in [5, 5.41) is 22.6. The number of aliphatic hydroxyl groups excluding tert-OH is 1. The topological polar surface area (TPSA) is 95.8 Å². The molecule has 4 bridgehead atoms. The van der Waals surface area contributed by atoms with Crippen LogP contribution in [0.25, 0.3) is 0 Å². The van der Waals surface area contributed by atoms with E-state index in [2.05, 4.69) is 0 Å². The van der Waals surface area contributed by atoms with Crippen LogP contribution >= 0.6 is 0 Å². The molecule has 9 rings (SSSR count). The van der Waals surface area contributed by atoms with Crippen LogP contribution < -0.4 is 4.74 Å². The lowest BCUT2D eigenvalue weighted by Crippen LogP contribution is -2.67. The number of fused-ring (bicyclic) bond motifs is 1. The summed E-state index contributed by atoms with van der Waals surface area (Å²) >= 11 is 0. The molecule has 5 fully saturated rings. The van der Waals surface area contributed by atoms with Crippen LogP contribution in [0.1, 0.15) is 34.2 Å². The molecule has 4 unspecified atom stereocenters. The third-order valence-electron chi connectivity index (χ3n) is 9.86. The van der Waals surface area contributed by atoms with Gasteiger partial charge in [-0.05, 0) is 46.5 Å². The Kier molecular flexibility index (Phi) is 7.89. The predicted octanol–water partition coefficient (Wildman–Crippen LogP) is 4.81. The summed E-state index contributed by atoms with van der Waals surface area (Å²) in [6.07, 6.45) is -1.52. The Morgan fingerprint density at radius 1 is 0.809 bits per heavy atom. The van der Waals surface area contributed by atoms with E-state index in [0.717, 1.165) is 28.9 Å². The Labute approximate surface area is 272 Å². The highest BCUT2D eigenvalue weighted by atomic mass is 19.1. The number of rotatable bonds is 12. The first-order valence-electron chi connectivity index (χ1n) is 16.1. The maximum Gasteiger partial charge on any atom is 0.226 e. The van der Waals surface area contributed by atoms with Crippen molar-refractivity contribution in [1.82, 2.24) is 0 Å². The van der Waals surface area contributed by atoms with Crippen LogP contribution in [-0.4, -0.2) is 65.7 Å². The minimum Gasteiger partial charge on any atom is -0.488 e. The second-order valence-corrected chi connectivity index (χ2v) is 12.8. The van der Waals surface area contributed by atoms with Gasteiger partial charge in [-0.1, -0.05) is 78.9 Å². The van der Waals surface area contributed by atoms with Crippen LogP contribution in [0.2, 0.25) is 0 Å². The molecular weight excluding hydrogens is 603 g/mol. The fourth-order valence-electron chi connectivity index (χ4n) is 7.31. The average molecular weight is 641 g/mol. The van der Waals surface area contributed by atoms with Crippen molar-refractivity contribution in [3.8, 4) is 5.75 Å². The van der Waals surface area contributed by atoms with Crippen molar-refractivity contribution < 1.29 is 43.0 Å². The summed E-state index contributed by atoms with van der Waals surface area (Å²) in [7, 11) is 0. The molecule has 7 atom stereocenters. The minimum atomic E-state index is -1.64. The summed E-state index contributed by atoms with van der Waals surface area (Å²) < 4.78 is 52.9. The Bertz CT molecular complexity index is 1700. The Morgan fingerprint density at radius 2 is 1.49 bits per heavy atom. The van der Waals surface area contributed by atoms with E-state index in [-0.39, 0.29) is 25.1 Å². The highest BCUT2D eigenvalue weighted by molar-refractivity contribution is 5.45. The van der Waals surface area contributed by atoms with E-state index in [0.29, 0.717) is 30.8 Å². The number of hydrogen-bond acceptors (Lipinski definition) is 8. The fourth-order valence-corrected chi connectivity index (χ4v) is 7.31. The molecule has 9 heteroatoms. The molecule has 4 heterocycles. The van der Waals surface area contributed by atoms with Gasteiger partial charge in [-0.25, -0.2) is 4.39 Å². The van der Waals surface area contributed by atoms with Gasteiger partial charge in [-0.3, -0.25) is 0 Å². The third-order valence-corrected chi connectivity index (χ3v) is 9.86. The summed E-state index contributed by atoms with van der Waals surface area (Å²) in [5.74, 6) is -1.20. The van der Waals surface area contributed by atoms with Gasteiger partial charge in [-0.15, -0.1) is 0 Å². The molecule has 47 heavy (non-hydrogen) atoms. The van der Waals surface area contributed by atoms with Crippen LogP contribution in [0, 0.1) is 5.82 Å². The summed E-state index contributed by atoms with van der Waals surface area (Å²) in [6, 6.07) is 31.7. The van der Waals surface area contributed by atoms with Crippen molar-refractivity contribution >= 4 is 0 Å². The van der Waals surface area contributed by atoms with Gasteiger partial charge in [0, 0.05) is 18.4 Å². The Balaban J connectivity index is 1.11. The van der Waals surface area contributed by atoms with Crippen molar-refractivity contribution in [2.45, 2.75) is 67.5 Å². The minimum absolute atomic E-state index is 0.0415. The zero-order valence-corrected chi connectivity index (χ0v) is 25.8. The second-order valence-electron chi connectivity index (χ2n) is 12.8. The van der Waals surface area contributed by atoms with Gasteiger partial charge >= 0.3 is 0 Å². The van der Waals surface area contributed by atoms with Gasteiger partial charge < -0.3 is 38.6 Å². The van der Waals surface area contributed by atoms with Crippen LogP contribution in [-0.2, 0) is 49.1 Å². The Morgan fingerprint density at radius 3 is 2.11 bits per heavy atom. The molecule has 4 aliphatic heterocycles. The molecule has 0 aromatic heterocycles. The number of hydrogen-bond donors (Lipinski definition) is 2. The highest BCUT2D eigenvalue weighted by Gasteiger charge is 2.95. The maximum atomic E-state index is 15.4. The average Bonchev–Trinajstić information content (AvgIpc) is 3.48. The molecule has 2 N–H and O–H groups in total. The van der Waals surface area contributed by atoms with Crippen molar-refractivity contribution in [2.75, 3.05) is 19.8 Å². The molecule has 0 spiro atoms. The van der Waals surface area contributed by atoms with E-state index in [1.54, 1.807) is 12.1 Å². The van der Waals surface area contributed by atoms with E-state index < -0.39 is 41.9 Å². The molecule has 4 aromatic rings. The molecule has 8 nitrogen and oxygen atoms in total. The molecule has 244 valence electrons. The molecule has 1 saturated carbocycles. The number of halogens is 1. The van der Waals surface area contributed by atoms with Gasteiger partial charge in [0.2, 0.25) is 5.79 Å².